The third-order valence-corrected chi connectivity index (χ3v) is 3.27. The molecule has 1 aromatic carbocycles. The van der Waals surface area contributed by atoms with Crippen LogP contribution in [0.4, 0.5) is 4.39 Å². The predicted octanol–water partition coefficient (Wildman–Crippen LogP) is 0.766. The van der Waals surface area contributed by atoms with Crippen molar-refractivity contribution in [2.45, 2.75) is 18.9 Å². The first-order valence-electron chi connectivity index (χ1n) is 6.48. The van der Waals surface area contributed by atoms with Crippen molar-refractivity contribution in [1.82, 2.24) is 4.90 Å². The van der Waals surface area contributed by atoms with Gasteiger partial charge in [0, 0.05) is 18.7 Å². The highest BCUT2D eigenvalue weighted by Crippen LogP contribution is 2.16. The van der Waals surface area contributed by atoms with Gasteiger partial charge in [0.25, 0.3) is 5.91 Å². The minimum atomic E-state index is -0.575. The van der Waals surface area contributed by atoms with Gasteiger partial charge in [-0.1, -0.05) is 11.8 Å². The van der Waals surface area contributed by atoms with Crippen molar-refractivity contribution >= 4 is 5.91 Å². The van der Waals surface area contributed by atoms with Gasteiger partial charge in [-0.3, -0.25) is 4.79 Å². The Labute approximate surface area is 116 Å². The second-order valence-electron chi connectivity index (χ2n) is 4.68. The molecule has 1 amide bonds. The number of nitrogens with zero attached hydrogens (tertiary/aromatic N) is 1. The molecule has 1 aliphatic rings. The van der Waals surface area contributed by atoms with Crippen LogP contribution in [0.15, 0.2) is 18.2 Å². The average molecular weight is 277 g/mol. The predicted molar refractivity (Wildman–Crippen MR) is 71.5 cm³/mol. The first-order valence-corrected chi connectivity index (χ1v) is 6.48. The summed E-state index contributed by atoms with van der Waals surface area (Å²) in [7, 11) is 0. The largest absolute Gasteiger partial charge is 0.393 e. The maximum absolute atomic E-state index is 13.8. The number of rotatable bonds is 1. The minimum Gasteiger partial charge on any atom is -0.393 e. The van der Waals surface area contributed by atoms with Gasteiger partial charge in [-0.25, -0.2) is 4.39 Å². The number of likely N-dealkylation sites (tertiary alicyclic amines) is 1. The van der Waals surface area contributed by atoms with Crippen LogP contribution in [-0.4, -0.2) is 46.8 Å². The van der Waals surface area contributed by atoms with E-state index in [9.17, 15) is 14.3 Å². The number of hydrogen-bond acceptors (Lipinski definition) is 3. The van der Waals surface area contributed by atoms with Crippen molar-refractivity contribution in [2.24, 2.45) is 0 Å². The van der Waals surface area contributed by atoms with E-state index in [-0.39, 0.29) is 29.7 Å². The summed E-state index contributed by atoms with van der Waals surface area (Å²) in [6.07, 6.45) is 0.745. The molecular weight excluding hydrogens is 261 g/mol. The lowest BCUT2D eigenvalue weighted by Gasteiger charge is -2.29. The number of carbonyl (C=O) groups is 1. The molecule has 1 aliphatic heterocycles. The van der Waals surface area contributed by atoms with E-state index in [1.165, 1.54) is 12.1 Å². The first kappa shape index (κ1) is 14.5. The van der Waals surface area contributed by atoms with E-state index in [0.29, 0.717) is 25.9 Å². The summed E-state index contributed by atoms with van der Waals surface area (Å²) in [4.78, 5) is 13.8. The van der Waals surface area contributed by atoms with Crippen molar-refractivity contribution < 1.29 is 19.4 Å². The van der Waals surface area contributed by atoms with Crippen molar-refractivity contribution in [3.05, 3.63) is 35.1 Å². The van der Waals surface area contributed by atoms with E-state index < -0.39 is 5.82 Å². The zero-order chi connectivity index (χ0) is 14.5. The van der Waals surface area contributed by atoms with Gasteiger partial charge in [0.1, 0.15) is 12.4 Å². The van der Waals surface area contributed by atoms with Gasteiger partial charge < -0.3 is 15.1 Å². The van der Waals surface area contributed by atoms with E-state index in [1.54, 1.807) is 4.90 Å². The summed E-state index contributed by atoms with van der Waals surface area (Å²) < 4.78 is 13.8. The SMILES string of the molecule is O=C(c1ccc(C#CCO)c(F)c1)N1CCC(O)CC1. The highest BCUT2D eigenvalue weighted by atomic mass is 19.1. The van der Waals surface area contributed by atoms with Gasteiger partial charge in [0.05, 0.1) is 11.7 Å². The maximum Gasteiger partial charge on any atom is 0.253 e. The third-order valence-electron chi connectivity index (χ3n) is 3.27. The lowest BCUT2D eigenvalue weighted by Crippen LogP contribution is -2.40. The molecule has 0 aromatic heterocycles. The zero-order valence-corrected chi connectivity index (χ0v) is 11.0. The van der Waals surface area contributed by atoms with Crippen molar-refractivity contribution in [2.75, 3.05) is 19.7 Å². The van der Waals surface area contributed by atoms with Gasteiger partial charge in [0.2, 0.25) is 0 Å². The number of amides is 1. The molecule has 1 heterocycles. The highest BCUT2D eigenvalue weighted by molar-refractivity contribution is 5.94. The average Bonchev–Trinajstić information content (AvgIpc) is 2.46. The van der Waals surface area contributed by atoms with Gasteiger partial charge in [-0.15, -0.1) is 0 Å². The highest BCUT2D eigenvalue weighted by Gasteiger charge is 2.22. The van der Waals surface area contributed by atoms with E-state index in [1.807, 2.05) is 0 Å². The van der Waals surface area contributed by atoms with Crippen molar-refractivity contribution in [3.63, 3.8) is 0 Å². The van der Waals surface area contributed by atoms with Crippen LogP contribution < -0.4 is 0 Å². The van der Waals surface area contributed by atoms with Gasteiger partial charge in [-0.05, 0) is 31.0 Å². The summed E-state index contributed by atoms with van der Waals surface area (Å²) in [5.41, 5.74) is 0.429. The zero-order valence-electron chi connectivity index (χ0n) is 11.0. The van der Waals surface area contributed by atoms with E-state index in [0.717, 1.165) is 6.07 Å². The Kier molecular flexibility index (Phi) is 4.72. The number of halogens is 1. The molecule has 0 atom stereocenters. The minimum absolute atomic E-state index is 0.157. The van der Waals surface area contributed by atoms with E-state index >= 15 is 0 Å². The topological polar surface area (TPSA) is 60.8 Å². The molecular formula is C15H16FNO3. The Morgan fingerprint density at radius 1 is 1.40 bits per heavy atom. The van der Waals surface area contributed by atoms with Gasteiger partial charge >= 0.3 is 0 Å². The van der Waals surface area contributed by atoms with Crippen LogP contribution in [0, 0.1) is 17.7 Å². The van der Waals surface area contributed by atoms with Crippen molar-refractivity contribution in [1.29, 1.82) is 0 Å². The maximum atomic E-state index is 13.8. The summed E-state index contributed by atoms with van der Waals surface area (Å²) in [6.45, 7) is 0.623. The molecule has 2 rings (SSSR count). The molecule has 1 saturated heterocycles. The molecule has 0 saturated carbocycles. The number of benzene rings is 1. The Morgan fingerprint density at radius 2 is 2.10 bits per heavy atom. The van der Waals surface area contributed by atoms with Crippen LogP contribution in [-0.2, 0) is 0 Å². The molecule has 0 radical (unpaired) electrons. The van der Waals surface area contributed by atoms with Gasteiger partial charge in [0.15, 0.2) is 0 Å². The Bertz CT molecular complexity index is 554. The van der Waals surface area contributed by atoms with E-state index in [4.69, 9.17) is 5.11 Å². The molecule has 0 aliphatic carbocycles. The van der Waals surface area contributed by atoms with Gasteiger partial charge in [-0.2, -0.15) is 0 Å². The van der Waals surface area contributed by atoms with Crippen LogP contribution in [0.2, 0.25) is 0 Å². The molecule has 4 nitrogen and oxygen atoms in total. The number of hydrogen-bond donors (Lipinski definition) is 2. The summed E-state index contributed by atoms with van der Waals surface area (Å²) in [6, 6.07) is 4.12. The fourth-order valence-electron chi connectivity index (χ4n) is 2.14. The summed E-state index contributed by atoms with van der Waals surface area (Å²) in [5.74, 6) is 4.03. The molecule has 1 fully saturated rings. The number of aliphatic hydroxyl groups is 2. The molecule has 0 spiro atoms. The van der Waals surface area contributed by atoms with Crippen LogP contribution >= 0.6 is 0 Å². The number of piperidine rings is 1. The Balaban J connectivity index is 2.13. The second-order valence-corrected chi connectivity index (χ2v) is 4.68. The summed E-state index contributed by atoms with van der Waals surface area (Å²) >= 11 is 0. The van der Waals surface area contributed by atoms with Crippen LogP contribution in [0.3, 0.4) is 0 Å². The molecule has 2 N–H and O–H groups in total. The van der Waals surface area contributed by atoms with Crippen molar-refractivity contribution in [3.8, 4) is 11.8 Å². The molecule has 106 valence electrons. The summed E-state index contributed by atoms with van der Waals surface area (Å²) in [5, 5.41) is 18.0. The fourth-order valence-corrected chi connectivity index (χ4v) is 2.14. The molecule has 20 heavy (non-hydrogen) atoms. The lowest BCUT2D eigenvalue weighted by atomic mass is 10.1. The smallest absolute Gasteiger partial charge is 0.253 e. The third kappa shape index (κ3) is 3.35. The Morgan fingerprint density at radius 3 is 2.70 bits per heavy atom. The normalized spacial score (nSPS) is 15.7. The fraction of sp³-hybridized carbons (Fsp3) is 0.400. The molecule has 0 unspecified atom stereocenters. The molecule has 5 heteroatoms. The van der Waals surface area contributed by atoms with Crippen LogP contribution in [0.5, 0.6) is 0 Å². The van der Waals surface area contributed by atoms with Crippen LogP contribution in [0.1, 0.15) is 28.8 Å². The number of aliphatic hydroxyl groups excluding tert-OH is 2. The van der Waals surface area contributed by atoms with Crippen LogP contribution in [0.25, 0.3) is 0 Å². The standard InChI is InChI=1S/C15H16FNO3/c16-14-10-12(4-3-11(14)2-1-9-18)15(20)17-7-5-13(19)6-8-17/h3-4,10,13,18-19H,5-9H2. The Hall–Kier alpha value is -1.90. The monoisotopic (exact) mass is 277 g/mol. The second kappa shape index (κ2) is 6.51. The molecule has 0 bridgehead atoms. The number of carbonyl (C=O) groups excluding carboxylic acids is 1. The lowest BCUT2D eigenvalue weighted by molar-refractivity contribution is 0.0546. The van der Waals surface area contributed by atoms with E-state index in [2.05, 4.69) is 11.8 Å². The molecule has 1 aromatic rings. The first-order chi connectivity index (χ1) is 9.61. The quantitative estimate of drug-likeness (QED) is 0.745.